The van der Waals surface area contributed by atoms with Gasteiger partial charge in [-0.2, -0.15) is 0 Å². The molecular formula is C12H17NO3. The van der Waals surface area contributed by atoms with Crippen LogP contribution in [0.3, 0.4) is 0 Å². The van der Waals surface area contributed by atoms with Crippen LogP contribution in [0.2, 0.25) is 0 Å². The highest BCUT2D eigenvalue weighted by molar-refractivity contribution is 5.94. The Hall–Kier alpha value is -1.06. The highest BCUT2D eigenvalue weighted by atomic mass is 16.6. The predicted molar refractivity (Wildman–Crippen MR) is 56.6 cm³/mol. The summed E-state index contributed by atoms with van der Waals surface area (Å²) in [4.78, 5) is 24.9. The summed E-state index contributed by atoms with van der Waals surface area (Å²) in [5.74, 6) is 0.399. The zero-order valence-electron chi connectivity index (χ0n) is 9.95. The van der Waals surface area contributed by atoms with Crippen molar-refractivity contribution in [3.63, 3.8) is 0 Å². The number of imide groups is 1. The standard InChI is InChI=1S/C12H17NO3/c1-7(14)13-10(15)16-9-6-8-4-5-12(9,13)11(8,2)3/h8-9H,4-6H2,1-3H3/t8-,9-,12-/m1/s1. The van der Waals surface area contributed by atoms with Crippen LogP contribution in [-0.4, -0.2) is 28.5 Å². The highest BCUT2D eigenvalue weighted by Crippen LogP contribution is 2.65. The molecule has 4 heteroatoms. The van der Waals surface area contributed by atoms with Crippen molar-refractivity contribution in [1.29, 1.82) is 0 Å². The van der Waals surface area contributed by atoms with Crippen LogP contribution in [0.15, 0.2) is 0 Å². The molecule has 3 atom stereocenters. The zero-order valence-corrected chi connectivity index (χ0v) is 9.95. The first-order valence-corrected chi connectivity index (χ1v) is 5.92. The molecule has 0 aromatic carbocycles. The molecule has 88 valence electrons. The monoisotopic (exact) mass is 223 g/mol. The highest BCUT2D eigenvalue weighted by Gasteiger charge is 2.73. The van der Waals surface area contributed by atoms with Gasteiger partial charge in [0.15, 0.2) is 0 Å². The van der Waals surface area contributed by atoms with Gasteiger partial charge in [0.2, 0.25) is 5.91 Å². The summed E-state index contributed by atoms with van der Waals surface area (Å²) in [7, 11) is 0. The Balaban J connectivity index is 2.15. The van der Waals surface area contributed by atoms with Gasteiger partial charge >= 0.3 is 6.09 Å². The Labute approximate surface area is 94.9 Å². The summed E-state index contributed by atoms with van der Waals surface area (Å²) >= 11 is 0. The lowest BCUT2D eigenvalue weighted by molar-refractivity contribution is -0.132. The second-order valence-corrected chi connectivity index (χ2v) is 5.84. The number of ether oxygens (including phenoxy) is 1. The van der Waals surface area contributed by atoms with E-state index >= 15 is 0 Å². The number of amides is 2. The van der Waals surface area contributed by atoms with E-state index in [0.717, 1.165) is 19.3 Å². The first-order chi connectivity index (χ1) is 7.41. The van der Waals surface area contributed by atoms with Crippen LogP contribution in [0.25, 0.3) is 0 Å². The maximum Gasteiger partial charge on any atom is 0.417 e. The summed E-state index contributed by atoms with van der Waals surface area (Å²) < 4.78 is 5.39. The average molecular weight is 223 g/mol. The van der Waals surface area contributed by atoms with E-state index in [1.165, 1.54) is 11.8 Å². The van der Waals surface area contributed by atoms with Crippen LogP contribution < -0.4 is 0 Å². The van der Waals surface area contributed by atoms with Crippen molar-refractivity contribution in [3.8, 4) is 0 Å². The largest absolute Gasteiger partial charge is 0.443 e. The molecule has 4 nitrogen and oxygen atoms in total. The molecule has 1 aliphatic heterocycles. The molecule has 1 spiro atoms. The van der Waals surface area contributed by atoms with Crippen molar-refractivity contribution in [2.75, 3.05) is 0 Å². The number of carbonyl (C=O) groups excluding carboxylic acids is 2. The van der Waals surface area contributed by atoms with E-state index in [9.17, 15) is 9.59 Å². The van der Waals surface area contributed by atoms with E-state index in [1.54, 1.807) is 0 Å². The van der Waals surface area contributed by atoms with Crippen LogP contribution in [0, 0.1) is 11.3 Å². The van der Waals surface area contributed by atoms with Crippen molar-refractivity contribution in [2.24, 2.45) is 11.3 Å². The molecule has 0 radical (unpaired) electrons. The molecule has 3 aliphatic rings. The topological polar surface area (TPSA) is 46.6 Å². The van der Waals surface area contributed by atoms with Crippen molar-refractivity contribution in [2.45, 2.75) is 51.7 Å². The minimum atomic E-state index is -0.439. The minimum Gasteiger partial charge on any atom is -0.443 e. The fourth-order valence-electron chi connectivity index (χ4n) is 4.31. The van der Waals surface area contributed by atoms with Crippen LogP contribution in [0.5, 0.6) is 0 Å². The fourth-order valence-corrected chi connectivity index (χ4v) is 4.31. The Kier molecular flexibility index (Phi) is 1.65. The van der Waals surface area contributed by atoms with Gasteiger partial charge in [0.25, 0.3) is 0 Å². The van der Waals surface area contributed by atoms with Gasteiger partial charge in [0.05, 0.1) is 5.54 Å². The molecule has 0 unspecified atom stereocenters. The van der Waals surface area contributed by atoms with Crippen molar-refractivity contribution < 1.29 is 14.3 Å². The van der Waals surface area contributed by atoms with Gasteiger partial charge < -0.3 is 4.74 Å². The molecular weight excluding hydrogens is 206 g/mol. The summed E-state index contributed by atoms with van der Waals surface area (Å²) in [6, 6.07) is 0. The molecule has 0 aromatic rings. The van der Waals surface area contributed by atoms with Gasteiger partial charge in [-0.1, -0.05) is 13.8 Å². The molecule has 1 saturated heterocycles. The molecule has 0 N–H and O–H groups in total. The summed E-state index contributed by atoms with van der Waals surface area (Å²) in [5.41, 5.74) is -0.365. The molecule has 1 heterocycles. The van der Waals surface area contributed by atoms with E-state index in [1.807, 2.05) is 0 Å². The first-order valence-electron chi connectivity index (χ1n) is 5.92. The van der Waals surface area contributed by atoms with E-state index in [4.69, 9.17) is 4.74 Å². The number of carbonyl (C=O) groups is 2. The molecule has 2 aliphatic carbocycles. The van der Waals surface area contributed by atoms with Gasteiger partial charge in [-0.25, -0.2) is 9.69 Å². The first kappa shape index (κ1) is 10.1. The molecule has 0 aromatic heterocycles. The lowest BCUT2D eigenvalue weighted by Crippen LogP contribution is -2.56. The third-order valence-corrected chi connectivity index (χ3v) is 5.18. The zero-order chi connectivity index (χ0) is 11.7. The Bertz CT molecular complexity index is 390. The van der Waals surface area contributed by atoms with Gasteiger partial charge in [0.1, 0.15) is 6.10 Å². The third kappa shape index (κ3) is 0.803. The van der Waals surface area contributed by atoms with Crippen LogP contribution in [0.4, 0.5) is 4.79 Å². The number of fused-ring (bicyclic) bond motifs is 1. The van der Waals surface area contributed by atoms with Crippen LogP contribution in [0.1, 0.15) is 40.0 Å². The molecule has 2 amide bonds. The summed E-state index contributed by atoms with van der Waals surface area (Å²) in [6.45, 7) is 5.80. The lowest BCUT2D eigenvalue weighted by Gasteiger charge is -2.40. The minimum absolute atomic E-state index is 0.00447. The lowest BCUT2D eigenvalue weighted by atomic mass is 9.74. The van der Waals surface area contributed by atoms with E-state index in [2.05, 4.69) is 13.8 Å². The van der Waals surface area contributed by atoms with E-state index in [-0.39, 0.29) is 23.0 Å². The van der Waals surface area contributed by atoms with Gasteiger partial charge in [0, 0.05) is 6.92 Å². The molecule has 3 rings (SSSR count). The Morgan fingerprint density at radius 1 is 1.50 bits per heavy atom. The molecule has 16 heavy (non-hydrogen) atoms. The quantitative estimate of drug-likeness (QED) is 0.630. The molecule has 2 bridgehead atoms. The van der Waals surface area contributed by atoms with Gasteiger partial charge in [-0.05, 0) is 30.6 Å². The van der Waals surface area contributed by atoms with Crippen molar-refractivity contribution in [1.82, 2.24) is 4.90 Å². The average Bonchev–Trinajstić information content (AvgIpc) is 2.67. The summed E-state index contributed by atoms with van der Waals surface area (Å²) in [6.07, 6.45) is 2.41. The second-order valence-electron chi connectivity index (χ2n) is 5.84. The van der Waals surface area contributed by atoms with Crippen LogP contribution in [-0.2, 0) is 9.53 Å². The van der Waals surface area contributed by atoms with Gasteiger partial charge in [-0.15, -0.1) is 0 Å². The Morgan fingerprint density at radius 3 is 2.75 bits per heavy atom. The number of hydrogen-bond acceptors (Lipinski definition) is 3. The van der Waals surface area contributed by atoms with Gasteiger partial charge in [-0.3, -0.25) is 4.79 Å². The fraction of sp³-hybridized carbons (Fsp3) is 0.833. The second kappa shape index (κ2) is 2.60. The molecule has 3 fully saturated rings. The molecule has 2 saturated carbocycles. The predicted octanol–water partition coefficient (Wildman–Crippen LogP) is 1.93. The maximum absolute atomic E-state index is 11.8. The van der Waals surface area contributed by atoms with Crippen LogP contribution >= 0.6 is 0 Å². The van der Waals surface area contributed by atoms with Crippen molar-refractivity contribution in [3.05, 3.63) is 0 Å². The Morgan fingerprint density at radius 2 is 2.19 bits per heavy atom. The normalized spacial score (nSPS) is 43.4. The SMILES string of the molecule is CC(=O)N1C(=O)O[C@@H]2C[C@H]3CC[C@]21C3(C)C. The maximum atomic E-state index is 11.8. The number of rotatable bonds is 0. The third-order valence-electron chi connectivity index (χ3n) is 5.18. The van der Waals surface area contributed by atoms with E-state index in [0.29, 0.717) is 5.92 Å². The summed E-state index contributed by atoms with van der Waals surface area (Å²) in [5, 5.41) is 0. The number of nitrogens with zero attached hydrogens (tertiary/aromatic N) is 1. The smallest absolute Gasteiger partial charge is 0.417 e. The van der Waals surface area contributed by atoms with Crippen molar-refractivity contribution >= 4 is 12.0 Å². The number of hydrogen-bond donors (Lipinski definition) is 0. The van der Waals surface area contributed by atoms with E-state index < -0.39 is 6.09 Å².